The number of hydrogen-bond donors (Lipinski definition) is 0. The molecule has 16 heavy (non-hydrogen) atoms. The van der Waals surface area contributed by atoms with Crippen LogP contribution in [0.25, 0.3) is 0 Å². The number of hydrogen-bond acceptors (Lipinski definition) is 4. The minimum atomic E-state index is 0.471. The number of nitrogens with zero attached hydrogens (tertiary/aromatic N) is 1. The van der Waals surface area contributed by atoms with Crippen LogP contribution in [-0.2, 0) is 9.47 Å². The van der Waals surface area contributed by atoms with Crippen LogP contribution in [0.2, 0.25) is 0 Å². The number of benzene rings is 1. The number of ether oxygens (including phenoxy) is 3. The molecule has 4 heteroatoms. The van der Waals surface area contributed by atoms with Gasteiger partial charge in [-0.25, -0.2) is 0 Å². The second-order valence-corrected chi connectivity index (χ2v) is 3.09. The number of nitriles is 1. The topological polar surface area (TPSA) is 51.5 Å². The quantitative estimate of drug-likeness (QED) is 0.656. The Kier molecular flexibility index (Phi) is 6.00. The first-order valence-electron chi connectivity index (χ1n) is 5.06. The van der Waals surface area contributed by atoms with Crippen LogP contribution in [0.1, 0.15) is 5.56 Å². The molecule has 0 saturated carbocycles. The second-order valence-electron chi connectivity index (χ2n) is 3.09. The van der Waals surface area contributed by atoms with Crippen LogP contribution in [-0.4, -0.2) is 33.5 Å². The Hall–Kier alpha value is -1.57. The Morgan fingerprint density at radius 2 is 2.00 bits per heavy atom. The summed E-state index contributed by atoms with van der Waals surface area (Å²) < 4.78 is 15.5. The molecule has 0 aromatic heterocycles. The fourth-order valence-electron chi connectivity index (χ4n) is 1.12. The smallest absolute Gasteiger partial charge is 0.120 e. The molecule has 0 amide bonds. The van der Waals surface area contributed by atoms with Gasteiger partial charge >= 0.3 is 0 Å². The van der Waals surface area contributed by atoms with Crippen molar-refractivity contribution >= 4 is 0 Å². The van der Waals surface area contributed by atoms with Gasteiger partial charge in [-0.3, -0.25) is 0 Å². The van der Waals surface area contributed by atoms with Crippen LogP contribution >= 0.6 is 0 Å². The molecule has 0 atom stereocenters. The fourth-order valence-corrected chi connectivity index (χ4v) is 1.12. The first-order chi connectivity index (χ1) is 7.86. The van der Waals surface area contributed by atoms with Crippen LogP contribution < -0.4 is 4.74 Å². The van der Waals surface area contributed by atoms with Gasteiger partial charge in [0.2, 0.25) is 0 Å². The Morgan fingerprint density at radius 3 is 2.75 bits per heavy atom. The van der Waals surface area contributed by atoms with Crippen molar-refractivity contribution in [2.75, 3.05) is 33.5 Å². The third kappa shape index (κ3) is 4.78. The van der Waals surface area contributed by atoms with Crippen molar-refractivity contribution in [2.45, 2.75) is 0 Å². The van der Waals surface area contributed by atoms with E-state index in [1.807, 2.05) is 6.07 Å². The molecule has 0 radical (unpaired) electrons. The van der Waals surface area contributed by atoms with Gasteiger partial charge in [-0.2, -0.15) is 5.26 Å². The zero-order valence-corrected chi connectivity index (χ0v) is 9.31. The van der Waals surface area contributed by atoms with Crippen molar-refractivity contribution in [3.63, 3.8) is 0 Å². The summed E-state index contributed by atoms with van der Waals surface area (Å²) in [6, 6.07) is 9.11. The van der Waals surface area contributed by atoms with E-state index < -0.39 is 0 Å². The summed E-state index contributed by atoms with van der Waals surface area (Å²) in [7, 11) is 1.63. The van der Waals surface area contributed by atoms with Crippen LogP contribution in [0.15, 0.2) is 24.3 Å². The van der Waals surface area contributed by atoms with Gasteiger partial charge in [-0.05, 0) is 18.2 Å². The summed E-state index contributed by atoms with van der Waals surface area (Å²) in [5.74, 6) is 0.689. The Balaban J connectivity index is 2.19. The molecule has 0 N–H and O–H groups in total. The molecule has 0 aliphatic heterocycles. The van der Waals surface area contributed by atoms with Crippen molar-refractivity contribution in [3.05, 3.63) is 29.8 Å². The highest BCUT2D eigenvalue weighted by Gasteiger charge is 1.95. The predicted molar refractivity (Wildman–Crippen MR) is 59.3 cm³/mol. The molecule has 0 bridgehead atoms. The van der Waals surface area contributed by atoms with Crippen molar-refractivity contribution in [2.24, 2.45) is 0 Å². The minimum absolute atomic E-state index is 0.471. The lowest BCUT2D eigenvalue weighted by Gasteiger charge is -2.06. The molecule has 0 unspecified atom stereocenters. The first kappa shape index (κ1) is 12.5. The second kappa shape index (κ2) is 7.69. The summed E-state index contributed by atoms with van der Waals surface area (Å²) in [6.45, 7) is 2.14. The highest BCUT2D eigenvalue weighted by molar-refractivity contribution is 5.36. The molecule has 1 rings (SSSR count). The molecule has 0 saturated heterocycles. The van der Waals surface area contributed by atoms with E-state index in [0.29, 0.717) is 37.7 Å². The van der Waals surface area contributed by atoms with Gasteiger partial charge in [0.25, 0.3) is 0 Å². The molecule has 0 spiro atoms. The third-order valence-corrected chi connectivity index (χ3v) is 1.89. The molecule has 0 heterocycles. The van der Waals surface area contributed by atoms with E-state index >= 15 is 0 Å². The van der Waals surface area contributed by atoms with Gasteiger partial charge in [-0.15, -0.1) is 0 Å². The maximum absolute atomic E-state index is 8.69. The lowest BCUT2D eigenvalue weighted by atomic mass is 10.2. The van der Waals surface area contributed by atoms with Crippen molar-refractivity contribution in [1.82, 2.24) is 0 Å². The van der Waals surface area contributed by atoms with E-state index in [0.717, 1.165) is 0 Å². The van der Waals surface area contributed by atoms with Gasteiger partial charge in [0.15, 0.2) is 0 Å². The number of methoxy groups -OCH3 is 1. The van der Waals surface area contributed by atoms with Gasteiger partial charge in [0.05, 0.1) is 31.5 Å². The maximum Gasteiger partial charge on any atom is 0.120 e. The lowest BCUT2D eigenvalue weighted by molar-refractivity contribution is 0.0544. The van der Waals surface area contributed by atoms with Gasteiger partial charge in [0.1, 0.15) is 12.4 Å². The normalized spacial score (nSPS) is 9.75. The standard InChI is InChI=1S/C12H15NO3/c1-14-5-6-15-7-8-16-12-4-2-3-11(9-12)10-13/h2-4,9H,5-8H2,1H3. The van der Waals surface area contributed by atoms with Crippen molar-refractivity contribution in [3.8, 4) is 11.8 Å². The molecule has 0 aliphatic rings. The summed E-state index contributed by atoms with van der Waals surface area (Å²) in [6.07, 6.45) is 0. The van der Waals surface area contributed by atoms with E-state index in [-0.39, 0.29) is 0 Å². The Bertz CT molecular complexity index is 346. The van der Waals surface area contributed by atoms with E-state index in [4.69, 9.17) is 19.5 Å². The van der Waals surface area contributed by atoms with Crippen molar-refractivity contribution < 1.29 is 14.2 Å². The molecule has 4 nitrogen and oxygen atoms in total. The highest BCUT2D eigenvalue weighted by atomic mass is 16.5. The third-order valence-electron chi connectivity index (χ3n) is 1.89. The zero-order valence-electron chi connectivity index (χ0n) is 9.31. The van der Waals surface area contributed by atoms with E-state index in [2.05, 4.69) is 6.07 Å². The van der Waals surface area contributed by atoms with Crippen LogP contribution in [0.4, 0.5) is 0 Å². The molecular formula is C12H15NO3. The molecule has 0 aliphatic carbocycles. The largest absolute Gasteiger partial charge is 0.491 e. The monoisotopic (exact) mass is 221 g/mol. The number of rotatable bonds is 7. The average molecular weight is 221 g/mol. The Labute approximate surface area is 95.4 Å². The SMILES string of the molecule is COCCOCCOc1cccc(C#N)c1. The molecular weight excluding hydrogens is 206 g/mol. The molecule has 1 aromatic rings. The highest BCUT2D eigenvalue weighted by Crippen LogP contribution is 2.12. The summed E-state index contributed by atoms with van der Waals surface area (Å²) in [5.41, 5.74) is 0.595. The van der Waals surface area contributed by atoms with Crippen molar-refractivity contribution in [1.29, 1.82) is 5.26 Å². The predicted octanol–water partition coefficient (Wildman–Crippen LogP) is 1.60. The molecule has 1 aromatic carbocycles. The summed E-state index contributed by atoms with van der Waals surface area (Å²) in [4.78, 5) is 0. The van der Waals surface area contributed by atoms with E-state index in [1.54, 1.807) is 25.3 Å². The summed E-state index contributed by atoms with van der Waals surface area (Å²) in [5, 5.41) is 8.69. The minimum Gasteiger partial charge on any atom is -0.491 e. The molecule has 86 valence electrons. The van der Waals surface area contributed by atoms with Gasteiger partial charge < -0.3 is 14.2 Å². The van der Waals surface area contributed by atoms with E-state index in [1.165, 1.54) is 0 Å². The van der Waals surface area contributed by atoms with E-state index in [9.17, 15) is 0 Å². The molecule has 0 fully saturated rings. The lowest BCUT2D eigenvalue weighted by Crippen LogP contribution is -2.09. The summed E-state index contributed by atoms with van der Waals surface area (Å²) >= 11 is 0. The van der Waals surface area contributed by atoms with Gasteiger partial charge in [0, 0.05) is 7.11 Å². The fraction of sp³-hybridized carbons (Fsp3) is 0.417. The van der Waals surface area contributed by atoms with Crippen LogP contribution in [0, 0.1) is 11.3 Å². The Morgan fingerprint density at radius 1 is 1.19 bits per heavy atom. The van der Waals surface area contributed by atoms with Crippen LogP contribution in [0.3, 0.4) is 0 Å². The first-order valence-corrected chi connectivity index (χ1v) is 5.06. The maximum atomic E-state index is 8.69. The van der Waals surface area contributed by atoms with Gasteiger partial charge in [-0.1, -0.05) is 6.07 Å². The van der Waals surface area contributed by atoms with Crippen LogP contribution in [0.5, 0.6) is 5.75 Å². The average Bonchev–Trinajstić information content (AvgIpc) is 2.34. The zero-order chi connectivity index (χ0) is 11.6.